The van der Waals surface area contributed by atoms with E-state index >= 15 is 0 Å². The van der Waals surface area contributed by atoms with E-state index in [9.17, 15) is 15.0 Å². The van der Waals surface area contributed by atoms with Gasteiger partial charge in [0, 0.05) is 24.1 Å². The summed E-state index contributed by atoms with van der Waals surface area (Å²) in [7, 11) is 0. The predicted octanol–water partition coefficient (Wildman–Crippen LogP) is 2.63. The van der Waals surface area contributed by atoms with Gasteiger partial charge >= 0.3 is 6.09 Å². The zero-order valence-electron chi connectivity index (χ0n) is 12.7. The van der Waals surface area contributed by atoms with E-state index in [0.29, 0.717) is 19.4 Å². The minimum absolute atomic E-state index is 0.0744. The van der Waals surface area contributed by atoms with Crippen molar-refractivity contribution >= 4 is 6.09 Å². The minimum Gasteiger partial charge on any atom is -0.465 e. The molecule has 1 amide bonds. The molecule has 3 rings (SSSR count). The number of hydrogen-bond acceptors (Lipinski definition) is 2. The van der Waals surface area contributed by atoms with Gasteiger partial charge in [-0.3, -0.25) is 0 Å². The zero-order valence-corrected chi connectivity index (χ0v) is 12.7. The van der Waals surface area contributed by atoms with Gasteiger partial charge < -0.3 is 15.1 Å². The van der Waals surface area contributed by atoms with Gasteiger partial charge in [-0.2, -0.15) is 0 Å². The quantitative estimate of drug-likeness (QED) is 0.724. The van der Waals surface area contributed by atoms with Crippen molar-refractivity contribution in [3.8, 4) is 11.8 Å². The van der Waals surface area contributed by atoms with Gasteiger partial charge in [0.1, 0.15) is 5.60 Å². The third kappa shape index (κ3) is 2.69. The zero-order chi connectivity index (χ0) is 15.7. The molecule has 2 fully saturated rings. The number of aryl methyl sites for hydroxylation is 1. The van der Waals surface area contributed by atoms with Gasteiger partial charge in [-0.25, -0.2) is 4.79 Å². The smallest absolute Gasteiger partial charge is 0.407 e. The van der Waals surface area contributed by atoms with Crippen molar-refractivity contribution in [2.45, 2.75) is 44.2 Å². The highest BCUT2D eigenvalue weighted by molar-refractivity contribution is 5.66. The fourth-order valence-electron chi connectivity index (χ4n) is 3.83. The first kappa shape index (κ1) is 14.9. The lowest BCUT2D eigenvalue weighted by atomic mass is 9.73. The van der Waals surface area contributed by atoms with Crippen molar-refractivity contribution in [3.05, 3.63) is 35.4 Å². The first-order chi connectivity index (χ1) is 10.5. The number of nitrogens with zero attached hydrogens (tertiary/aromatic N) is 1. The Balaban J connectivity index is 1.85. The van der Waals surface area contributed by atoms with Crippen molar-refractivity contribution in [2.75, 3.05) is 6.54 Å². The molecule has 116 valence electrons. The molecule has 22 heavy (non-hydrogen) atoms. The van der Waals surface area contributed by atoms with Crippen LogP contribution in [-0.4, -0.2) is 39.4 Å². The molecule has 1 saturated heterocycles. The summed E-state index contributed by atoms with van der Waals surface area (Å²) in [5, 5.41) is 20.2. The van der Waals surface area contributed by atoms with E-state index in [0.717, 1.165) is 24.0 Å². The average molecular weight is 299 g/mol. The van der Waals surface area contributed by atoms with Crippen LogP contribution in [0.25, 0.3) is 0 Å². The first-order valence-corrected chi connectivity index (χ1v) is 7.81. The van der Waals surface area contributed by atoms with E-state index in [4.69, 9.17) is 0 Å². The average Bonchev–Trinajstić information content (AvgIpc) is 2.91. The van der Waals surface area contributed by atoms with Crippen molar-refractivity contribution < 1.29 is 15.0 Å². The van der Waals surface area contributed by atoms with Crippen molar-refractivity contribution in [1.29, 1.82) is 0 Å². The second-order valence-corrected chi connectivity index (χ2v) is 6.37. The molecule has 1 aliphatic heterocycles. The normalized spacial score (nSPS) is 30.4. The second-order valence-electron chi connectivity index (χ2n) is 6.37. The molecule has 1 aromatic rings. The Morgan fingerprint density at radius 2 is 2.23 bits per heavy atom. The lowest BCUT2D eigenvalue weighted by Gasteiger charge is -2.39. The monoisotopic (exact) mass is 299 g/mol. The molecule has 0 aromatic heterocycles. The number of amides is 1. The van der Waals surface area contributed by atoms with E-state index in [1.165, 1.54) is 4.90 Å². The Hall–Kier alpha value is -1.99. The van der Waals surface area contributed by atoms with Gasteiger partial charge in [0.25, 0.3) is 0 Å². The molecule has 0 radical (unpaired) electrons. The minimum atomic E-state index is -1.07. The molecule has 1 aliphatic carbocycles. The number of likely N-dealkylation sites (tertiary alicyclic amines) is 1. The van der Waals surface area contributed by atoms with E-state index < -0.39 is 11.7 Å². The predicted molar refractivity (Wildman–Crippen MR) is 83.5 cm³/mol. The molecule has 0 bridgehead atoms. The van der Waals surface area contributed by atoms with Gasteiger partial charge in [-0.15, -0.1) is 0 Å². The molecule has 2 aliphatic rings. The summed E-state index contributed by atoms with van der Waals surface area (Å²) < 4.78 is 0. The summed E-state index contributed by atoms with van der Waals surface area (Å²) in [6.07, 6.45) is 2.06. The van der Waals surface area contributed by atoms with Gasteiger partial charge in [0.2, 0.25) is 0 Å². The number of rotatable bonds is 0. The number of benzene rings is 1. The van der Waals surface area contributed by atoms with Crippen LogP contribution < -0.4 is 0 Å². The van der Waals surface area contributed by atoms with Gasteiger partial charge in [0.05, 0.1) is 0 Å². The summed E-state index contributed by atoms with van der Waals surface area (Å²) in [6, 6.07) is 7.80. The largest absolute Gasteiger partial charge is 0.465 e. The van der Waals surface area contributed by atoms with Crippen LogP contribution in [0.1, 0.15) is 36.8 Å². The first-order valence-electron chi connectivity index (χ1n) is 7.81. The molecule has 2 N–H and O–H groups in total. The standard InChI is InChI=1S/C18H21NO3/c1-13-4-2-5-14(12-13)7-10-18(22)9-3-6-16-15(18)8-11-19(16)17(20)21/h2,4-5,12,15-16,22H,3,6,8-9,11H2,1H3,(H,20,21)/t15-,16-,18-/m0/s1. The van der Waals surface area contributed by atoms with E-state index in [2.05, 4.69) is 11.8 Å². The fraction of sp³-hybridized carbons (Fsp3) is 0.500. The van der Waals surface area contributed by atoms with Crippen molar-refractivity contribution in [2.24, 2.45) is 5.92 Å². The SMILES string of the molecule is Cc1cccc(C#C[C@@]2(O)CCC[C@H]3[C@@H]2CCN3C(=O)O)c1. The molecular formula is C18H21NO3. The molecule has 3 atom stereocenters. The van der Waals surface area contributed by atoms with Gasteiger partial charge in [-0.1, -0.05) is 24.0 Å². The third-order valence-electron chi connectivity index (χ3n) is 4.90. The summed E-state index contributed by atoms with van der Waals surface area (Å²) in [5.41, 5.74) is 0.957. The van der Waals surface area contributed by atoms with Crippen LogP contribution >= 0.6 is 0 Å². The molecule has 4 nitrogen and oxygen atoms in total. The number of carbonyl (C=O) groups is 1. The summed E-state index contributed by atoms with van der Waals surface area (Å²) in [6.45, 7) is 2.51. The van der Waals surface area contributed by atoms with E-state index in [1.807, 2.05) is 31.2 Å². The molecule has 1 saturated carbocycles. The molecule has 0 spiro atoms. The third-order valence-corrected chi connectivity index (χ3v) is 4.90. The maximum absolute atomic E-state index is 11.3. The fourth-order valence-corrected chi connectivity index (χ4v) is 3.83. The van der Waals surface area contributed by atoms with Crippen LogP contribution in [0, 0.1) is 24.7 Å². The Labute approximate surface area is 130 Å². The van der Waals surface area contributed by atoms with E-state index in [1.54, 1.807) is 0 Å². The second kappa shape index (κ2) is 5.66. The van der Waals surface area contributed by atoms with Crippen LogP contribution in [0.2, 0.25) is 0 Å². The Morgan fingerprint density at radius 1 is 1.41 bits per heavy atom. The Kier molecular flexibility index (Phi) is 3.84. The molecular weight excluding hydrogens is 278 g/mol. The van der Waals surface area contributed by atoms with Crippen LogP contribution in [0.4, 0.5) is 4.79 Å². The number of fused-ring (bicyclic) bond motifs is 1. The number of carboxylic acid groups (broad SMARTS) is 1. The molecule has 1 aromatic carbocycles. The van der Waals surface area contributed by atoms with Crippen molar-refractivity contribution in [1.82, 2.24) is 4.90 Å². The molecule has 0 unspecified atom stereocenters. The summed E-state index contributed by atoms with van der Waals surface area (Å²) in [4.78, 5) is 12.8. The van der Waals surface area contributed by atoms with Gasteiger partial charge in [-0.05, 0) is 50.3 Å². The summed E-state index contributed by atoms with van der Waals surface area (Å²) >= 11 is 0. The maximum Gasteiger partial charge on any atom is 0.407 e. The van der Waals surface area contributed by atoms with Crippen LogP contribution in [-0.2, 0) is 0 Å². The van der Waals surface area contributed by atoms with Crippen molar-refractivity contribution in [3.63, 3.8) is 0 Å². The van der Waals surface area contributed by atoms with Gasteiger partial charge in [0.15, 0.2) is 0 Å². The Morgan fingerprint density at radius 3 is 2.95 bits per heavy atom. The van der Waals surface area contributed by atoms with Crippen LogP contribution in [0.5, 0.6) is 0 Å². The lowest BCUT2D eigenvalue weighted by Crippen LogP contribution is -2.49. The highest BCUT2D eigenvalue weighted by Crippen LogP contribution is 2.42. The Bertz CT molecular complexity index is 645. The highest BCUT2D eigenvalue weighted by Gasteiger charge is 2.50. The van der Waals surface area contributed by atoms with Crippen LogP contribution in [0.15, 0.2) is 24.3 Å². The van der Waals surface area contributed by atoms with E-state index in [-0.39, 0.29) is 12.0 Å². The summed E-state index contributed by atoms with van der Waals surface area (Å²) in [5.74, 6) is 6.07. The molecule has 4 heteroatoms. The number of hydrogen-bond donors (Lipinski definition) is 2. The molecule has 1 heterocycles. The highest BCUT2D eigenvalue weighted by atomic mass is 16.4. The van der Waals surface area contributed by atoms with Crippen LogP contribution in [0.3, 0.4) is 0 Å². The lowest BCUT2D eigenvalue weighted by molar-refractivity contribution is -0.0125. The topological polar surface area (TPSA) is 60.8 Å². The maximum atomic E-state index is 11.3. The number of aliphatic hydroxyl groups is 1.